The van der Waals surface area contributed by atoms with E-state index in [1.807, 2.05) is 13.0 Å². The smallest absolute Gasteiger partial charge is 0.260 e. The van der Waals surface area contributed by atoms with Crippen molar-refractivity contribution in [3.8, 4) is 6.07 Å². The lowest BCUT2D eigenvalue weighted by atomic mass is 10.0. The summed E-state index contributed by atoms with van der Waals surface area (Å²) in [5.74, 6) is 0.503. The van der Waals surface area contributed by atoms with Crippen LogP contribution in [-0.2, 0) is 22.0 Å². The molecule has 2 aromatic rings. The van der Waals surface area contributed by atoms with E-state index in [1.54, 1.807) is 0 Å². The first kappa shape index (κ1) is 16.6. The minimum absolute atomic E-state index is 0.0388. The van der Waals surface area contributed by atoms with Gasteiger partial charge in [0.15, 0.2) is 11.4 Å². The molecule has 1 atom stereocenters. The van der Waals surface area contributed by atoms with Gasteiger partial charge in [0.25, 0.3) is 5.89 Å². The van der Waals surface area contributed by atoms with Gasteiger partial charge in [-0.25, -0.2) is 8.42 Å². The monoisotopic (exact) mass is 348 g/mol. The molecule has 1 aliphatic rings. The second-order valence-corrected chi connectivity index (χ2v) is 7.56. The molecule has 0 spiro atoms. The summed E-state index contributed by atoms with van der Waals surface area (Å²) in [4.78, 5) is 4.18. The quantitative estimate of drug-likeness (QED) is 0.867. The molecule has 1 aliphatic heterocycles. The van der Waals surface area contributed by atoms with Crippen LogP contribution < -0.4 is 0 Å². The number of hydrogen-bond donors (Lipinski definition) is 1. The normalized spacial score (nSPS) is 21.7. The molecule has 0 radical (unpaired) electrons. The summed E-state index contributed by atoms with van der Waals surface area (Å²) < 4.78 is 31.6. The summed E-state index contributed by atoms with van der Waals surface area (Å²) in [7, 11) is -3.77. The highest BCUT2D eigenvalue weighted by Crippen LogP contribution is 2.34. The maximum Gasteiger partial charge on any atom is 0.260 e. The predicted molar refractivity (Wildman–Crippen MR) is 82.1 cm³/mol. The number of β-amino-alcohol motifs (C(OH)–C–C–N with tert-alkyl or cyclic N) is 1. The minimum Gasteiger partial charge on any atom is -0.379 e. The van der Waals surface area contributed by atoms with E-state index in [1.165, 1.54) is 28.6 Å². The molecular weight excluding hydrogens is 332 g/mol. The average Bonchev–Trinajstić information content (AvgIpc) is 3.23. The van der Waals surface area contributed by atoms with Gasteiger partial charge in [0.05, 0.1) is 23.1 Å². The van der Waals surface area contributed by atoms with Crippen molar-refractivity contribution in [2.24, 2.45) is 0 Å². The predicted octanol–water partition coefficient (Wildman–Crippen LogP) is 0.786. The van der Waals surface area contributed by atoms with E-state index < -0.39 is 15.6 Å². The summed E-state index contributed by atoms with van der Waals surface area (Å²) in [6.45, 7) is 1.85. The lowest BCUT2D eigenvalue weighted by Gasteiger charge is -2.19. The Morgan fingerprint density at radius 2 is 2.12 bits per heavy atom. The van der Waals surface area contributed by atoms with E-state index in [-0.39, 0.29) is 30.3 Å². The maximum absolute atomic E-state index is 12.7. The van der Waals surface area contributed by atoms with Gasteiger partial charge in [0.1, 0.15) is 0 Å². The number of sulfonamides is 1. The van der Waals surface area contributed by atoms with Crippen molar-refractivity contribution in [2.75, 3.05) is 13.1 Å². The molecule has 8 nitrogen and oxygen atoms in total. The number of rotatable bonds is 4. The lowest BCUT2D eigenvalue weighted by Crippen LogP contribution is -2.34. The molecule has 0 aliphatic carbocycles. The van der Waals surface area contributed by atoms with Crippen molar-refractivity contribution in [1.82, 2.24) is 14.4 Å². The molecular formula is C15H16N4O4S. The van der Waals surface area contributed by atoms with Gasteiger partial charge >= 0.3 is 0 Å². The van der Waals surface area contributed by atoms with Crippen LogP contribution in [0.3, 0.4) is 0 Å². The molecule has 1 aromatic carbocycles. The first-order valence-electron chi connectivity index (χ1n) is 7.45. The Morgan fingerprint density at radius 1 is 1.42 bits per heavy atom. The fourth-order valence-corrected chi connectivity index (χ4v) is 4.07. The Kier molecular flexibility index (Phi) is 4.13. The first-order chi connectivity index (χ1) is 11.4. The Morgan fingerprint density at radius 3 is 2.71 bits per heavy atom. The minimum atomic E-state index is -3.77. The third-order valence-electron chi connectivity index (χ3n) is 4.02. The Bertz CT molecular complexity index is 885. The highest BCUT2D eigenvalue weighted by molar-refractivity contribution is 7.89. The zero-order valence-electron chi connectivity index (χ0n) is 13.0. The van der Waals surface area contributed by atoms with E-state index in [0.717, 1.165) is 0 Å². The molecule has 1 saturated heterocycles. The van der Waals surface area contributed by atoms with E-state index in [0.29, 0.717) is 17.8 Å². The molecule has 0 bridgehead atoms. The number of aromatic nitrogens is 2. The summed E-state index contributed by atoms with van der Waals surface area (Å²) in [6, 6.07) is 7.60. The lowest BCUT2D eigenvalue weighted by molar-refractivity contribution is 0.0194. The highest BCUT2D eigenvalue weighted by atomic mass is 32.2. The molecule has 126 valence electrons. The Balaban J connectivity index is 1.84. The van der Waals surface area contributed by atoms with E-state index in [9.17, 15) is 13.5 Å². The van der Waals surface area contributed by atoms with Crippen LogP contribution in [0, 0.1) is 11.3 Å². The van der Waals surface area contributed by atoms with Crippen molar-refractivity contribution in [1.29, 1.82) is 5.26 Å². The standard InChI is InChI=1S/C15H16N4O4S/c1-2-13-17-14(23-18-13)15(20)7-8-19(10-15)24(21,22)12-5-3-11(9-16)4-6-12/h3-6,20H,2,7-8,10H2,1H3. The van der Waals surface area contributed by atoms with Gasteiger partial charge < -0.3 is 9.63 Å². The summed E-state index contributed by atoms with van der Waals surface area (Å²) in [6.07, 6.45) is 0.737. The van der Waals surface area contributed by atoms with Crippen molar-refractivity contribution in [2.45, 2.75) is 30.3 Å². The van der Waals surface area contributed by atoms with Gasteiger partial charge in [-0.2, -0.15) is 14.6 Å². The Labute approximate surface area is 139 Å². The average molecular weight is 348 g/mol. The van der Waals surface area contributed by atoms with Crippen LogP contribution in [0.2, 0.25) is 0 Å². The van der Waals surface area contributed by atoms with Crippen LogP contribution >= 0.6 is 0 Å². The van der Waals surface area contributed by atoms with Gasteiger partial charge in [-0.3, -0.25) is 0 Å². The molecule has 1 aromatic heterocycles. The van der Waals surface area contributed by atoms with Gasteiger partial charge in [-0.05, 0) is 24.3 Å². The molecule has 2 heterocycles. The van der Waals surface area contributed by atoms with Gasteiger partial charge in [0, 0.05) is 19.4 Å². The number of nitrogens with zero attached hydrogens (tertiary/aromatic N) is 4. The van der Waals surface area contributed by atoms with Gasteiger partial charge in [-0.15, -0.1) is 0 Å². The fourth-order valence-electron chi connectivity index (χ4n) is 2.58. The summed E-state index contributed by atoms with van der Waals surface area (Å²) in [5.41, 5.74) is -1.11. The first-order valence-corrected chi connectivity index (χ1v) is 8.89. The third-order valence-corrected chi connectivity index (χ3v) is 5.88. The summed E-state index contributed by atoms with van der Waals surface area (Å²) >= 11 is 0. The summed E-state index contributed by atoms with van der Waals surface area (Å²) in [5, 5.41) is 23.2. The number of aryl methyl sites for hydroxylation is 1. The number of hydrogen-bond acceptors (Lipinski definition) is 7. The fraction of sp³-hybridized carbons (Fsp3) is 0.400. The Hall–Kier alpha value is -2.28. The van der Waals surface area contributed by atoms with E-state index in [2.05, 4.69) is 10.1 Å². The third kappa shape index (κ3) is 2.80. The zero-order chi connectivity index (χ0) is 17.4. The van der Waals surface area contributed by atoms with E-state index >= 15 is 0 Å². The van der Waals surface area contributed by atoms with Crippen LogP contribution in [0.5, 0.6) is 0 Å². The van der Waals surface area contributed by atoms with Crippen LogP contribution in [0.25, 0.3) is 0 Å². The highest BCUT2D eigenvalue weighted by Gasteiger charge is 2.46. The van der Waals surface area contributed by atoms with Gasteiger partial charge in [-0.1, -0.05) is 12.1 Å². The van der Waals surface area contributed by atoms with Crippen LogP contribution in [0.4, 0.5) is 0 Å². The number of benzene rings is 1. The molecule has 1 fully saturated rings. The molecule has 1 N–H and O–H groups in total. The van der Waals surface area contributed by atoms with E-state index in [4.69, 9.17) is 9.78 Å². The maximum atomic E-state index is 12.7. The largest absolute Gasteiger partial charge is 0.379 e. The molecule has 24 heavy (non-hydrogen) atoms. The molecule has 1 unspecified atom stereocenters. The van der Waals surface area contributed by atoms with Crippen LogP contribution in [0.15, 0.2) is 33.7 Å². The number of nitriles is 1. The second-order valence-electron chi connectivity index (χ2n) is 5.63. The number of aliphatic hydroxyl groups is 1. The van der Waals surface area contributed by atoms with Crippen molar-refractivity contribution < 1.29 is 18.0 Å². The van der Waals surface area contributed by atoms with Crippen molar-refractivity contribution in [3.05, 3.63) is 41.5 Å². The van der Waals surface area contributed by atoms with Crippen molar-refractivity contribution >= 4 is 10.0 Å². The van der Waals surface area contributed by atoms with Crippen LogP contribution in [0.1, 0.15) is 30.6 Å². The second kappa shape index (κ2) is 5.98. The van der Waals surface area contributed by atoms with Crippen LogP contribution in [-0.4, -0.2) is 41.1 Å². The SMILES string of the molecule is CCc1noc(C2(O)CCN(S(=O)(=O)c3ccc(C#N)cc3)C2)n1. The topological polar surface area (TPSA) is 120 Å². The molecule has 0 saturated carbocycles. The van der Waals surface area contributed by atoms with Crippen molar-refractivity contribution in [3.63, 3.8) is 0 Å². The molecule has 3 rings (SSSR count). The van der Waals surface area contributed by atoms with Gasteiger partial charge in [0.2, 0.25) is 10.0 Å². The molecule has 0 amide bonds. The molecule has 9 heteroatoms. The zero-order valence-corrected chi connectivity index (χ0v) is 13.8.